The van der Waals surface area contributed by atoms with Crippen LogP contribution in [0.1, 0.15) is 64.5 Å². The fourth-order valence-corrected chi connectivity index (χ4v) is 1.96. The van der Waals surface area contributed by atoms with E-state index in [9.17, 15) is 0 Å². The summed E-state index contributed by atoms with van der Waals surface area (Å²) in [5.41, 5.74) is 6.89. The second kappa shape index (κ2) is 8.09. The van der Waals surface area contributed by atoms with Gasteiger partial charge in [0, 0.05) is 17.8 Å². The molecule has 0 radical (unpaired) electrons. The van der Waals surface area contributed by atoms with Gasteiger partial charge in [0.05, 0.1) is 6.10 Å². The van der Waals surface area contributed by atoms with Crippen molar-refractivity contribution >= 4 is 0 Å². The topological polar surface area (TPSA) is 48.1 Å². The van der Waals surface area contributed by atoms with Crippen LogP contribution in [0.4, 0.5) is 0 Å². The minimum absolute atomic E-state index is 0.0407. The first-order valence-electron chi connectivity index (χ1n) is 7.02. The number of pyridine rings is 1. The molecule has 0 aliphatic heterocycles. The van der Waals surface area contributed by atoms with Gasteiger partial charge in [0.1, 0.15) is 0 Å². The van der Waals surface area contributed by atoms with Crippen molar-refractivity contribution in [2.45, 2.75) is 65.0 Å². The van der Waals surface area contributed by atoms with Crippen molar-refractivity contribution < 1.29 is 4.74 Å². The normalized spacial score (nSPS) is 14.2. The van der Waals surface area contributed by atoms with Gasteiger partial charge < -0.3 is 10.5 Å². The lowest BCUT2D eigenvalue weighted by molar-refractivity contribution is 0.195. The second-order valence-electron chi connectivity index (χ2n) is 4.96. The molecular formula is C15H26N2O. The van der Waals surface area contributed by atoms with Crippen LogP contribution in [-0.4, -0.2) is 11.1 Å². The van der Waals surface area contributed by atoms with Crippen LogP contribution >= 0.6 is 0 Å². The van der Waals surface area contributed by atoms with Gasteiger partial charge in [-0.15, -0.1) is 0 Å². The molecule has 0 aliphatic rings. The SMILES string of the molecule is CCCCCCC(C)Oc1ncccc1[C@H](C)N. The third kappa shape index (κ3) is 5.05. The Morgan fingerprint density at radius 1 is 1.28 bits per heavy atom. The molecule has 1 rings (SSSR count). The highest BCUT2D eigenvalue weighted by molar-refractivity contribution is 5.28. The van der Waals surface area contributed by atoms with Crippen LogP contribution in [-0.2, 0) is 0 Å². The zero-order chi connectivity index (χ0) is 13.4. The molecule has 1 unspecified atom stereocenters. The first-order valence-corrected chi connectivity index (χ1v) is 7.02. The summed E-state index contributed by atoms with van der Waals surface area (Å²) in [6.07, 6.45) is 8.11. The highest BCUT2D eigenvalue weighted by atomic mass is 16.5. The van der Waals surface area contributed by atoms with E-state index in [0.717, 1.165) is 12.0 Å². The molecule has 0 fully saturated rings. The number of hydrogen-bond donors (Lipinski definition) is 1. The van der Waals surface area contributed by atoms with E-state index in [1.165, 1.54) is 25.7 Å². The molecule has 2 atom stereocenters. The molecule has 2 N–H and O–H groups in total. The van der Waals surface area contributed by atoms with Crippen LogP contribution in [0.2, 0.25) is 0 Å². The average Bonchev–Trinajstić information content (AvgIpc) is 2.35. The second-order valence-corrected chi connectivity index (χ2v) is 4.96. The monoisotopic (exact) mass is 250 g/mol. The fraction of sp³-hybridized carbons (Fsp3) is 0.667. The maximum atomic E-state index is 5.91. The van der Waals surface area contributed by atoms with Gasteiger partial charge in [-0.05, 0) is 32.8 Å². The van der Waals surface area contributed by atoms with E-state index in [1.54, 1.807) is 6.20 Å². The number of aromatic nitrogens is 1. The smallest absolute Gasteiger partial charge is 0.218 e. The van der Waals surface area contributed by atoms with Gasteiger partial charge in [-0.2, -0.15) is 0 Å². The summed E-state index contributed by atoms with van der Waals surface area (Å²) >= 11 is 0. The maximum absolute atomic E-state index is 5.91. The zero-order valence-electron chi connectivity index (χ0n) is 11.9. The van der Waals surface area contributed by atoms with E-state index in [1.807, 2.05) is 19.1 Å². The summed E-state index contributed by atoms with van der Waals surface area (Å²) in [5.74, 6) is 0.690. The Labute approximate surface area is 111 Å². The van der Waals surface area contributed by atoms with Gasteiger partial charge >= 0.3 is 0 Å². The molecule has 0 bridgehead atoms. The molecule has 3 nitrogen and oxygen atoms in total. The highest BCUT2D eigenvalue weighted by Gasteiger charge is 2.11. The summed E-state index contributed by atoms with van der Waals surface area (Å²) in [4.78, 5) is 4.28. The van der Waals surface area contributed by atoms with E-state index in [4.69, 9.17) is 10.5 Å². The van der Waals surface area contributed by atoms with Crippen molar-refractivity contribution in [1.82, 2.24) is 4.98 Å². The lowest BCUT2D eigenvalue weighted by Crippen LogP contribution is -2.16. The van der Waals surface area contributed by atoms with Gasteiger partial charge in [-0.1, -0.05) is 32.3 Å². The number of unbranched alkanes of at least 4 members (excludes halogenated alkanes) is 3. The minimum Gasteiger partial charge on any atom is -0.474 e. The Hall–Kier alpha value is -1.09. The van der Waals surface area contributed by atoms with E-state index < -0.39 is 0 Å². The molecule has 0 saturated carbocycles. The van der Waals surface area contributed by atoms with Gasteiger partial charge in [-0.25, -0.2) is 4.98 Å². The summed E-state index contributed by atoms with van der Waals surface area (Å²) in [6.45, 7) is 6.28. The summed E-state index contributed by atoms with van der Waals surface area (Å²) in [7, 11) is 0. The van der Waals surface area contributed by atoms with Crippen molar-refractivity contribution in [3.8, 4) is 5.88 Å². The largest absolute Gasteiger partial charge is 0.474 e. The van der Waals surface area contributed by atoms with Crippen LogP contribution in [0.25, 0.3) is 0 Å². The molecule has 1 aromatic rings. The molecule has 0 aliphatic carbocycles. The Kier molecular flexibility index (Phi) is 6.73. The molecule has 3 heteroatoms. The Bertz CT molecular complexity index is 339. The molecule has 1 aromatic heterocycles. The van der Waals surface area contributed by atoms with Crippen LogP contribution < -0.4 is 10.5 Å². The van der Waals surface area contributed by atoms with Crippen LogP contribution in [0.3, 0.4) is 0 Å². The van der Waals surface area contributed by atoms with E-state index >= 15 is 0 Å². The number of ether oxygens (including phenoxy) is 1. The maximum Gasteiger partial charge on any atom is 0.218 e. The zero-order valence-corrected chi connectivity index (χ0v) is 11.9. The third-order valence-electron chi connectivity index (χ3n) is 3.07. The van der Waals surface area contributed by atoms with E-state index in [-0.39, 0.29) is 12.1 Å². The minimum atomic E-state index is -0.0407. The summed E-state index contributed by atoms with van der Waals surface area (Å²) < 4.78 is 5.90. The lowest BCUT2D eigenvalue weighted by Gasteiger charge is -2.17. The van der Waals surface area contributed by atoms with Crippen molar-refractivity contribution in [2.75, 3.05) is 0 Å². The standard InChI is InChI=1S/C15H26N2O/c1-4-5-6-7-9-12(2)18-15-14(13(3)16)10-8-11-17-15/h8,10-13H,4-7,9,16H2,1-3H3/t12?,13-/m0/s1. The predicted molar refractivity (Wildman–Crippen MR) is 75.7 cm³/mol. The first-order chi connectivity index (χ1) is 8.65. The average molecular weight is 250 g/mol. The number of nitrogens with two attached hydrogens (primary N) is 1. The summed E-state index contributed by atoms with van der Waals surface area (Å²) in [5, 5.41) is 0. The van der Waals surface area contributed by atoms with Gasteiger partial charge in [0.15, 0.2) is 0 Å². The first kappa shape index (κ1) is 15.0. The molecule has 1 heterocycles. The Balaban J connectivity index is 2.46. The molecule has 0 amide bonds. The summed E-state index contributed by atoms with van der Waals surface area (Å²) in [6, 6.07) is 3.84. The fourth-order valence-electron chi connectivity index (χ4n) is 1.96. The van der Waals surface area contributed by atoms with Gasteiger partial charge in [0.2, 0.25) is 5.88 Å². The molecule has 102 valence electrons. The van der Waals surface area contributed by atoms with Crippen molar-refractivity contribution in [3.63, 3.8) is 0 Å². The quantitative estimate of drug-likeness (QED) is 0.713. The van der Waals surface area contributed by atoms with E-state index in [0.29, 0.717) is 5.88 Å². The third-order valence-corrected chi connectivity index (χ3v) is 3.07. The number of rotatable bonds is 8. The van der Waals surface area contributed by atoms with Crippen molar-refractivity contribution in [2.24, 2.45) is 5.73 Å². The van der Waals surface area contributed by atoms with Crippen LogP contribution in [0, 0.1) is 0 Å². The number of hydrogen-bond acceptors (Lipinski definition) is 3. The Morgan fingerprint density at radius 2 is 2.06 bits per heavy atom. The van der Waals surface area contributed by atoms with E-state index in [2.05, 4.69) is 18.8 Å². The molecule has 0 saturated heterocycles. The number of nitrogens with zero attached hydrogens (tertiary/aromatic N) is 1. The van der Waals surface area contributed by atoms with Gasteiger partial charge in [0.25, 0.3) is 0 Å². The lowest BCUT2D eigenvalue weighted by atomic mass is 10.1. The van der Waals surface area contributed by atoms with Crippen molar-refractivity contribution in [1.29, 1.82) is 0 Å². The van der Waals surface area contributed by atoms with Crippen LogP contribution in [0.5, 0.6) is 5.88 Å². The van der Waals surface area contributed by atoms with Gasteiger partial charge in [-0.3, -0.25) is 0 Å². The predicted octanol–water partition coefficient (Wildman–Crippen LogP) is 3.84. The molecule has 0 aromatic carbocycles. The van der Waals surface area contributed by atoms with Crippen molar-refractivity contribution in [3.05, 3.63) is 23.9 Å². The highest BCUT2D eigenvalue weighted by Crippen LogP contribution is 2.22. The van der Waals surface area contributed by atoms with Crippen LogP contribution in [0.15, 0.2) is 18.3 Å². The molecule has 18 heavy (non-hydrogen) atoms. The Morgan fingerprint density at radius 3 is 2.72 bits per heavy atom. The molecule has 0 spiro atoms. The molecular weight excluding hydrogens is 224 g/mol.